The summed E-state index contributed by atoms with van der Waals surface area (Å²) in [7, 11) is 1.56. The lowest BCUT2D eigenvalue weighted by Crippen LogP contribution is -2.28. The molecule has 0 bridgehead atoms. The first kappa shape index (κ1) is 13.4. The molecule has 0 radical (unpaired) electrons. The van der Waals surface area contributed by atoms with Crippen molar-refractivity contribution in [3.05, 3.63) is 23.8 Å². The monoisotopic (exact) mass is 287 g/mol. The van der Waals surface area contributed by atoms with Crippen LogP contribution in [0.2, 0.25) is 0 Å². The van der Waals surface area contributed by atoms with E-state index < -0.39 is 9.05 Å². The molecule has 1 aliphatic carbocycles. The Morgan fingerprint density at radius 3 is 2.50 bits per heavy atom. The molecule has 0 spiro atoms. The molecule has 1 aromatic carbocycles. The number of rotatable bonds is 3. The molecule has 1 saturated carbocycles. The van der Waals surface area contributed by atoms with Crippen molar-refractivity contribution in [1.82, 2.24) is 0 Å². The van der Waals surface area contributed by atoms with Gasteiger partial charge in [-0.05, 0) is 43.5 Å². The molecule has 1 N–H and O–H groups in total. The lowest BCUT2D eigenvalue weighted by atomic mass is 9.85. The summed E-state index contributed by atoms with van der Waals surface area (Å²) in [4.78, 5) is 11.8. The number of carbonyl (C=O) groups is 1. The van der Waals surface area contributed by atoms with E-state index in [4.69, 9.17) is 10.7 Å². The largest absolute Gasteiger partial charge is 0.326 e. The Hall–Kier alpha value is -1.07. The lowest BCUT2D eigenvalue weighted by molar-refractivity contribution is -0.122. The highest BCUT2D eigenvalue weighted by Crippen LogP contribution is 2.28. The molecule has 1 fully saturated rings. The minimum Gasteiger partial charge on any atom is -0.326 e. The van der Waals surface area contributed by atoms with Crippen molar-refractivity contribution in [2.24, 2.45) is 5.92 Å². The highest BCUT2D eigenvalue weighted by Gasteiger charge is 2.25. The number of carbonyl (C=O) groups excluding carboxylic acids is 1. The van der Waals surface area contributed by atoms with E-state index in [1.165, 1.54) is 6.07 Å². The number of anilines is 1. The maximum atomic E-state index is 11.7. The SMILES string of the molecule is Cc1cc(NC(=O)C2CCC2)ccc1S(=O)(=O)Cl. The Balaban J connectivity index is 2.16. The molecule has 0 unspecified atom stereocenters. The van der Waals surface area contributed by atoms with E-state index in [1.54, 1.807) is 19.1 Å². The molecule has 98 valence electrons. The summed E-state index contributed by atoms with van der Waals surface area (Å²) in [5.41, 5.74) is 1.13. The van der Waals surface area contributed by atoms with Crippen LogP contribution in [-0.4, -0.2) is 14.3 Å². The molecule has 0 aliphatic heterocycles. The van der Waals surface area contributed by atoms with Crippen molar-refractivity contribution >= 4 is 31.3 Å². The molecule has 2 rings (SSSR count). The minimum absolute atomic E-state index is 0.00197. The van der Waals surface area contributed by atoms with Gasteiger partial charge in [-0.1, -0.05) is 6.42 Å². The van der Waals surface area contributed by atoms with Crippen LogP contribution in [0.25, 0.3) is 0 Å². The molecule has 4 nitrogen and oxygen atoms in total. The summed E-state index contributed by atoms with van der Waals surface area (Å²) in [6.07, 6.45) is 2.96. The van der Waals surface area contributed by atoms with Crippen LogP contribution in [0.4, 0.5) is 5.69 Å². The molecule has 0 aromatic heterocycles. The number of halogens is 1. The molecule has 1 aliphatic rings. The van der Waals surface area contributed by atoms with Gasteiger partial charge in [-0.3, -0.25) is 4.79 Å². The van der Waals surface area contributed by atoms with Gasteiger partial charge in [-0.2, -0.15) is 0 Å². The number of hydrogen-bond donors (Lipinski definition) is 1. The second-order valence-corrected chi connectivity index (χ2v) is 7.07. The highest BCUT2D eigenvalue weighted by molar-refractivity contribution is 8.13. The number of nitrogens with one attached hydrogen (secondary N) is 1. The predicted molar refractivity (Wildman–Crippen MR) is 70.2 cm³/mol. The number of benzene rings is 1. The zero-order valence-corrected chi connectivity index (χ0v) is 11.5. The zero-order chi connectivity index (χ0) is 13.3. The van der Waals surface area contributed by atoms with E-state index in [2.05, 4.69) is 5.32 Å². The minimum atomic E-state index is -3.73. The molecule has 18 heavy (non-hydrogen) atoms. The maximum Gasteiger partial charge on any atom is 0.261 e. The summed E-state index contributed by atoms with van der Waals surface area (Å²) in [6, 6.07) is 4.58. The van der Waals surface area contributed by atoms with Crippen molar-refractivity contribution in [1.29, 1.82) is 0 Å². The van der Waals surface area contributed by atoms with Crippen LogP contribution < -0.4 is 5.32 Å². The summed E-state index contributed by atoms with van der Waals surface area (Å²) in [5, 5.41) is 2.79. The van der Waals surface area contributed by atoms with Crippen LogP contribution in [0.1, 0.15) is 24.8 Å². The fraction of sp³-hybridized carbons (Fsp3) is 0.417. The van der Waals surface area contributed by atoms with E-state index in [9.17, 15) is 13.2 Å². The van der Waals surface area contributed by atoms with Gasteiger partial charge in [0, 0.05) is 22.3 Å². The van der Waals surface area contributed by atoms with Gasteiger partial charge < -0.3 is 5.32 Å². The molecule has 1 amide bonds. The van der Waals surface area contributed by atoms with Gasteiger partial charge in [0.05, 0.1) is 4.90 Å². The Labute approximate surface area is 111 Å². The van der Waals surface area contributed by atoms with Gasteiger partial charge in [-0.15, -0.1) is 0 Å². The quantitative estimate of drug-likeness (QED) is 0.869. The fourth-order valence-corrected chi connectivity index (χ4v) is 3.11. The first-order valence-corrected chi connectivity index (χ1v) is 8.05. The first-order valence-electron chi connectivity index (χ1n) is 5.74. The Morgan fingerprint density at radius 1 is 1.39 bits per heavy atom. The highest BCUT2D eigenvalue weighted by atomic mass is 35.7. The van der Waals surface area contributed by atoms with Gasteiger partial charge in [-0.25, -0.2) is 8.42 Å². The molecule has 6 heteroatoms. The number of amides is 1. The molecular weight excluding hydrogens is 274 g/mol. The Bertz CT molecular complexity index is 579. The molecule has 0 atom stereocenters. The van der Waals surface area contributed by atoms with Crippen molar-refractivity contribution in [2.75, 3.05) is 5.32 Å². The number of hydrogen-bond acceptors (Lipinski definition) is 3. The number of aryl methyl sites for hydroxylation is 1. The Kier molecular flexibility index (Phi) is 3.64. The lowest BCUT2D eigenvalue weighted by Gasteiger charge is -2.24. The second-order valence-electron chi connectivity index (χ2n) is 4.54. The van der Waals surface area contributed by atoms with E-state index in [-0.39, 0.29) is 16.7 Å². The van der Waals surface area contributed by atoms with E-state index in [1.807, 2.05) is 0 Å². The third-order valence-corrected chi connectivity index (χ3v) is 4.66. The molecule has 1 aromatic rings. The zero-order valence-electron chi connectivity index (χ0n) is 9.94. The fourth-order valence-electron chi connectivity index (χ4n) is 1.92. The van der Waals surface area contributed by atoms with E-state index >= 15 is 0 Å². The predicted octanol–water partition coefficient (Wildman–Crippen LogP) is 2.66. The van der Waals surface area contributed by atoms with Crippen LogP contribution >= 0.6 is 10.7 Å². The van der Waals surface area contributed by atoms with Gasteiger partial charge in [0.25, 0.3) is 9.05 Å². The van der Waals surface area contributed by atoms with E-state index in [0.717, 1.165) is 19.3 Å². The van der Waals surface area contributed by atoms with Crippen molar-refractivity contribution in [3.63, 3.8) is 0 Å². The van der Waals surface area contributed by atoms with Crippen molar-refractivity contribution in [3.8, 4) is 0 Å². The van der Waals surface area contributed by atoms with Crippen molar-refractivity contribution in [2.45, 2.75) is 31.1 Å². The average molecular weight is 288 g/mol. The van der Waals surface area contributed by atoms with Crippen LogP contribution in [0.15, 0.2) is 23.1 Å². The van der Waals surface area contributed by atoms with Crippen LogP contribution in [0.5, 0.6) is 0 Å². The maximum absolute atomic E-state index is 11.7. The van der Waals surface area contributed by atoms with Crippen LogP contribution in [0, 0.1) is 12.8 Å². The standard InChI is InChI=1S/C12H14ClNO3S/c1-8-7-10(5-6-11(8)18(13,16)17)14-12(15)9-3-2-4-9/h5-7,9H,2-4H2,1H3,(H,14,15). The summed E-state index contributed by atoms with van der Waals surface area (Å²) in [6.45, 7) is 1.65. The second kappa shape index (κ2) is 4.90. The normalized spacial score (nSPS) is 16.1. The Morgan fingerprint density at radius 2 is 2.06 bits per heavy atom. The first-order chi connectivity index (χ1) is 8.38. The van der Waals surface area contributed by atoms with Crippen molar-refractivity contribution < 1.29 is 13.2 Å². The van der Waals surface area contributed by atoms with Gasteiger partial charge in [0.15, 0.2) is 0 Å². The summed E-state index contributed by atoms with van der Waals surface area (Å²) in [5.74, 6) is 0.101. The average Bonchev–Trinajstić information content (AvgIpc) is 2.11. The van der Waals surface area contributed by atoms with E-state index in [0.29, 0.717) is 11.3 Å². The summed E-state index contributed by atoms with van der Waals surface area (Å²) >= 11 is 0. The van der Waals surface area contributed by atoms with Crippen LogP contribution in [0.3, 0.4) is 0 Å². The molecule has 0 saturated heterocycles. The van der Waals surface area contributed by atoms with Gasteiger partial charge >= 0.3 is 0 Å². The topological polar surface area (TPSA) is 63.2 Å². The smallest absolute Gasteiger partial charge is 0.261 e. The summed E-state index contributed by atoms with van der Waals surface area (Å²) < 4.78 is 22.5. The van der Waals surface area contributed by atoms with Crippen LogP contribution in [-0.2, 0) is 13.8 Å². The van der Waals surface area contributed by atoms with Gasteiger partial charge in [0.2, 0.25) is 5.91 Å². The molecule has 0 heterocycles. The third-order valence-electron chi connectivity index (χ3n) is 3.18. The molecular formula is C12H14ClNO3S. The van der Waals surface area contributed by atoms with Gasteiger partial charge in [0.1, 0.15) is 0 Å². The third kappa shape index (κ3) is 2.84.